The first kappa shape index (κ1) is 27.4. The zero-order valence-electron chi connectivity index (χ0n) is 21.3. The summed E-state index contributed by atoms with van der Waals surface area (Å²) in [6, 6.07) is 23.8. The van der Waals surface area contributed by atoms with Gasteiger partial charge in [0, 0.05) is 11.6 Å². The van der Waals surface area contributed by atoms with E-state index in [1.807, 2.05) is 31.2 Å². The Hall–Kier alpha value is -4.15. The normalized spacial score (nSPS) is 14.2. The van der Waals surface area contributed by atoms with E-state index in [4.69, 9.17) is 9.47 Å². The number of nitro benzene ring substituents is 1. The van der Waals surface area contributed by atoms with Crippen molar-refractivity contribution in [3.8, 4) is 11.5 Å². The molecule has 2 amide bonds. The summed E-state index contributed by atoms with van der Waals surface area (Å²) in [5.41, 5.74) is 1.80. The monoisotopic (exact) mass is 618 g/mol. The molecular formula is C30H23BrN2O6S. The van der Waals surface area contributed by atoms with E-state index in [0.717, 1.165) is 33.0 Å². The second-order valence-electron chi connectivity index (χ2n) is 8.84. The Morgan fingerprint density at radius 1 is 0.975 bits per heavy atom. The van der Waals surface area contributed by atoms with Gasteiger partial charge in [0.25, 0.3) is 16.8 Å². The lowest BCUT2D eigenvalue weighted by atomic mass is 10.1. The van der Waals surface area contributed by atoms with E-state index in [1.54, 1.807) is 30.3 Å². The highest BCUT2D eigenvalue weighted by Crippen LogP contribution is 2.40. The molecule has 0 atom stereocenters. The summed E-state index contributed by atoms with van der Waals surface area (Å²) in [5, 5.41) is 13.1. The molecule has 8 nitrogen and oxygen atoms in total. The van der Waals surface area contributed by atoms with Gasteiger partial charge in [-0.1, -0.05) is 60.7 Å². The van der Waals surface area contributed by atoms with E-state index in [0.29, 0.717) is 34.7 Å². The number of hydrogen-bond donors (Lipinski definition) is 0. The van der Waals surface area contributed by atoms with Crippen LogP contribution in [0.5, 0.6) is 11.5 Å². The van der Waals surface area contributed by atoms with Gasteiger partial charge in [0.15, 0.2) is 11.5 Å². The molecule has 1 fully saturated rings. The molecule has 1 heterocycles. The number of benzene rings is 4. The number of rotatable bonds is 9. The van der Waals surface area contributed by atoms with Crippen molar-refractivity contribution in [2.24, 2.45) is 0 Å². The number of ether oxygens (including phenoxy) is 2. The van der Waals surface area contributed by atoms with Crippen LogP contribution < -0.4 is 9.47 Å². The third kappa shape index (κ3) is 5.73. The quantitative estimate of drug-likeness (QED) is 0.107. The summed E-state index contributed by atoms with van der Waals surface area (Å²) in [7, 11) is 0. The molecule has 4 aromatic carbocycles. The van der Waals surface area contributed by atoms with Crippen molar-refractivity contribution < 1.29 is 24.0 Å². The van der Waals surface area contributed by atoms with Crippen LogP contribution in [0.3, 0.4) is 0 Å². The average Bonchev–Trinajstić information content (AvgIpc) is 3.20. The lowest BCUT2D eigenvalue weighted by molar-refractivity contribution is -0.385. The van der Waals surface area contributed by atoms with E-state index in [2.05, 4.69) is 34.1 Å². The van der Waals surface area contributed by atoms with Gasteiger partial charge in [-0.25, -0.2) is 0 Å². The van der Waals surface area contributed by atoms with Crippen molar-refractivity contribution in [1.29, 1.82) is 0 Å². The average molecular weight is 619 g/mol. The molecule has 1 saturated heterocycles. The minimum absolute atomic E-state index is 0.144. The van der Waals surface area contributed by atoms with Gasteiger partial charge in [-0.2, -0.15) is 0 Å². The summed E-state index contributed by atoms with van der Waals surface area (Å²) in [6.45, 7) is 2.40. The Labute approximate surface area is 242 Å². The molecule has 0 saturated carbocycles. The van der Waals surface area contributed by atoms with E-state index < -0.39 is 16.1 Å². The predicted octanol–water partition coefficient (Wildman–Crippen LogP) is 7.72. The Bertz CT molecular complexity index is 1670. The maximum absolute atomic E-state index is 13.1. The smallest absolute Gasteiger partial charge is 0.293 e. The molecule has 4 aromatic rings. The SMILES string of the molecule is CCOc1cc(/C=C2\SC(=O)N(Cc3ccccc3[N+](=O)[O-])C2=O)cc(Br)c1OCc1cccc2ccccc12. The van der Waals surface area contributed by atoms with Gasteiger partial charge >= 0.3 is 0 Å². The minimum Gasteiger partial charge on any atom is -0.490 e. The lowest BCUT2D eigenvalue weighted by Crippen LogP contribution is -2.27. The molecule has 0 radical (unpaired) electrons. The fourth-order valence-electron chi connectivity index (χ4n) is 4.42. The fraction of sp³-hybridized carbons (Fsp3) is 0.133. The van der Waals surface area contributed by atoms with Gasteiger partial charge < -0.3 is 9.47 Å². The Morgan fingerprint density at radius 3 is 2.50 bits per heavy atom. The summed E-state index contributed by atoms with van der Waals surface area (Å²) >= 11 is 4.37. The van der Waals surface area contributed by atoms with Crippen LogP contribution in [0.2, 0.25) is 0 Å². The molecule has 0 spiro atoms. The standard InChI is InChI=1S/C30H23BrN2O6S/c1-2-38-26-15-19(14-24(31)28(26)39-18-22-11-7-10-20-8-3-5-12-23(20)22)16-27-29(34)32(30(35)40-27)17-21-9-4-6-13-25(21)33(36)37/h3-16H,2,17-18H2,1H3/b27-16-. The van der Waals surface area contributed by atoms with Gasteiger partial charge in [0.2, 0.25) is 0 Å². The first-order chi connectivity index (χ1) is 19.4. The van der Waals surface area contributed by atoms with Crippen LogP contribution >= 0.6 is 27.7 Å². The van der Waals surface area contributed by atoms with Crippen molar-refractivity contribution in [2.75, 3.05) is 6.61 Å². The Kier molecular flexibility index (Phi) is 8.18. The molecule has 0 N–H and O–H groups in total. The third-order valence-corrected chi connectivity index (χ3v) is 7.77. The highest BCUT2D eigenvalue weighted by molar-refractivity contribution is 9.10. The van der Waals surface area contributed by atoms with Crippen LogP contribution in [0.1, 0.15) is 23.6 Å². The molecule has 0 bridgehead atoms. The summed E-state index contributed by atoms with van der Waals surface area (Å²) < 4.78 is 12.7. The molecule has 10 heteroatoms. The van der Waals surface area contributed by atoms with Crippen LogP contribution in [0, 0.1) is 10.1 Å². The minimum atomic E-state index is -0.527. The van der Waals surface area contributed by atoms with E-state index in [9.17, 15) is 19.7 Å². The number of para-hydroxylation sites is 1. The number of fused-ring (bicyclic) bond motifs is 1. The number of nitro groups is 1. The molecule has 40 heavy (non-hydrogen) atoms. The number of thioether (sulfide) groups is 1. The highest BCUT2D eigenvalue weighted by atomic mass is 79.9. The number of imide groups is 1. The van der Waals surface area contributed by atoms with Crippen molar-refractivity contribution in [1.82, 2.24) is 4.90 Å². The molecule has 5 rings (SSSR count). The number of carbonyl (C=O) groups is 2. The van der Waals surface area contributed by atoms with Gasteiger partial charge in [-0.3, -0.25) is 24.6 Å². The van der Waals surface area contributed by atoms with E-state index in [-0.39, 0.29) is 22.7 Å². The summed E-state index contributed by atoms with van der Waals surface area (Å²) in [5.74, 6) is 0.498. The maximum Gasteiger partial charge on any atom is 0.293 e. The van der Waals surface area contributed by atoms with Crippen molar-refractivity contribution >= 4 is 61.4 Å². The van der Waals surface area contributed by atoms with Gasteiger partial charge in [0.05, 0.1) is 27.5 Å². The van der Waals surface area contributed by atoms with Crippen LogP contribution in [0.25, 0.3) is 16.8 Å². The number of carbonyl (C=O) groups excluding carboxylic acids is 2. The fourth-order valence-corrected chi connectivity index (χ4v) is 5.84. The van der Waals surface area contributed by atoms with E-state index in [1.165, 1.54) is 12.1 Å². The summed E-state index contributed by atoms with van der Waals surface area (Å²) in [6.07, 6.45) is 1.60. The van der Waals surface area contributed by atoms with Crippen LogP contribution in [0.4, 0.5) is 10.5 Å². The molecule has 1 aliphatic heterocycles. The van der Waals surface area contributed by atoms with Gasteiger partial charge in [0.1, 0.15) is 6.61 Å². The lowest BCUT2D eigenvalue weighted by Gasteiger charge is -2.16. The Balaban J connectivity index is 1.39. The molecule has 0 aliphatic carbocycles. The molecule has 0 unspecified atom stereocenters. The maximum atomic E-state index is 13.1. The topological polar surface area (TPSA) is 99.0 Å². The molecular weight excluding hydrogens is 596 g/mol. The van der Waals surface area contributed by atoms with Gasteiger partial charge in [-0.15, -0.1) is 0 Å². The number of nitrogens with zero attached hydrogens (tertiary/aromatic N) is 2. The van der Waals surface area contributed by atoms with Gasteiger partial charge in [-0.05, 0) is 74.7 Å². The summed E-state index contributed by atoms with van der Waals surface area (Å²) in [4.78, 5) is 37.9. The van der Waals surface area contributed by atoms with Crippen molar-refractivity contribution in [3.63, 3.8) is 0 Å². The zero-order chi connectivity index (χ0) is 28.2. The largest absolute Gasteiger partial charge is 0.490 e. The molecule has 0 aromatic heterocycles. The van der Waals surface area contributed by atoms with E-state index >= 15 is 0 Å². The number of amides is 2. The molecule has 202 valence electrons. The second kappa shape index (κ2) is 11.9. The van der Waals surface area contributed by atoms with Crippen LogP contribution in [0.15, 0.2) is 88.2 Å². The predicted molar refractivity (Wildman–Crippen MR) is 158 cm³/mol. The zero-order valence-corrected chi connectivity index (χ0v) is 23.7. The number of hydrogen-bond acceptors (Lipinski definition) is 7. The first-order valence-electron chi connectivity index (χ1n) is 12.4. The van der Waals surface area contributed by atoms with Crippen LogP contribution in [-0.4, -0.2) is 27.6 Å². The third-order valence-electron chi connectivity index (χ3n) is 6.27. The Morgan fingerprint density at radius 2 is 1.70 bits per heavy atom. The first-order valence-corrected chi connectivity index (χ1v) is 14.0. The van der Waals surface area contributed by atoms with Crippen molar-refractivity contribution in [3.05, 3.63) is 115 Å². The number of halogens is 1. The molecule has 1 aliphatic rings. The second-order valence-corrected chi connectivity index (χ2v) is 10.7. The van der Waals surface area contributed by atoms with Crippen LogP contribution in [-0.2, 0) is 17.9 Å². The highest BCUT2D eigenvalue weighted by Gasteiger charge is 2.36. The van der Waals surface area contributed by atoms with Crippen molar-refractivity contribution in [2.45, 2.75) is 20.1 Å².